The lowest BCUT2D eigenvalue weighted by Crippen LogP contribution is -2.32. The number of aromatic hydroxyl groups is 1. The molecule has 1 N–H and O–H groups in total. The van der Waals surface area contributed by atoms with E-state index in [0.29, 0.717) is 19.0 Å². The van der Waals surface area contributed by atoms with E-state index < -0.39 is 0 Å². The zero-order valence-electron chi connectivity index (χ0n) is 18.7. The van der Waals surface area contributed by atoms with Gasteiger partial charge in [0.2, 0.25) is 5.43 Å². The van der Waals surface area contributed by atoms with Crippen molar-refractivity contribution in [3.8, 4) is 5.75 Å². The topological polar surface area (TPSA) is 48.7 Å². The van der Waals surface area contributed by atoms with E-state index in [9.17, 15) is 9.90 Å². The van der Waals surface area contributed by atoms with Crippen molar-refractivity contribution in [1.29, 1.82) is 0 Å². The van der Waals surface area contributed by atoms with Gasteiger partial charge in [-0.2, -0.15) is 0 Å². The summed E-state index contributed by atoms with van der Waals surface area (Å²) < 4.78 is 2.03. The summed E-state index contributed by atoms with van der Waals surface area (Å²) in [6, 6.07) is 20.8. The normalized spacial score (nSPS) is 19.2. The second-order valence-electron chi connectivity index (χ2n) is 9.22. The van der Waals surface area contributed by atoms with Gasteiger partial charge in [-0.15, -0.1) is 0 Å². The van der Waals surface area contributed by atoms with Crippen molar-refractivity contribution in [2.75, 3.05) is 19.6 Å². The highest BCUT2D eigenvalue weighted by Gasteiger charge is 2.26. The summed E-state index contributed by atoms with van der Waals surface area (Å²) >= 11 is 0. The molecule has 1 saturated heterocycles. The minimum atomic E-state index is -0.274. The third-order valence-corrected chi connectivity index (χ3v) is 7.15. The smallest absolute Gasteiger partial charge is 0.223 e. The van der Waals surface area contributed by atoms with Crippen molar-refractivity contribution in [3.63, 3.8) is 0 Å². The van der Waals surface area contributed by atoms with Gasteiger partial charge in [-0.3, -0.25) is 14.6 Å². The summed E-state index contributed by atoms with van der Waals surface area (Å²) in [6.45, 7) is 5.10. The van der Waals surface area contributed by atoms with Crippen molar-refractivity contribution in [1.82, 2.24) is 14.4 Å². The minimum absolute atomic E-state index is 0.108. The summed E-state index contributed by atoms with van der Waals surface area (Å²) in [4.78, 5) is 17.4. The fraction of sp³-hybridized carbons (Fsp3) is 0.370. The molecule has 0 radical (unpaired) electrons. The number of hydrogen-bond donors (Lipinski definition) is 1. The average Bonchev–Trinajstić information content (AvgIpc) is 3.29. The van der Waals surface area contributed by atoms with E-state index in [1.54, 1.807) is 6.07 Å². The van der Waals surface area contributed by atoms with Crippen LogP contribution in [0.4, 0.5) is 0 Å². The molecule has 1 atom stereocenters. The predicted octanol–water partition coefficient (Wildman–Crippen LogP) is 3.64. The quantitative estimate of drug-likeness (QED) is 0.673. The van der Waals surface area contributed by atoms with Crippen LogP contribution in [0.3, 0.4) is 0 Å². The molecule has 166 valence electrons. The Bertz CT molecular complexity index is 1160. The standard InChI is InChI=1S/C27H31N3O2/c1-28-24(18-29-13-11-21-9-5-6-10-22(21)16-29)15-26(31)27(32)25(28)19-30-14-12-23(17-30)20-7-3-2-4-8-20/h2-10,15,23,32H,11-14,16-19H2,1H3/t23-/m1/s1. The lowest BCUT2D eigenvalue weighted by molar-refractivity contribution is 0.237. The van der Waals surface area contributed by atoms with Crippen LogP contribution in [0, 0.1) is 0 Å². The van der Waals surface area contributed by atoms with Gasteiger partial charge in [0.25, 0.3) is 0 Å². The molecule has 2 aliphatic heterocycles. The molecule has 2 aliphatic rings. The number of benzene rings is 2. The van der Waals surface area contributed by atoms with E-state index in [1.807, 2.05) is 11.6 Å². The molecule has 0 aliphatic carbocycles. The highest BCUT2D eigenvalue weighted by atomic mass is 16.3. The van der Waals surface area contributed by atoms with Crippen LogP contribution >= 0.6 is 0 Å². The maximum absolute atomic E-state index is 12.6. The summed E-state index contributed by atoms with van der Waals surface area (Å²) in [5.41, 5.74) is 5.56. The summed E-state index contributed by atoms with van der Waals surface area (Å²) in [7, 11) is 1.98. The lowest BCUT2D eigenvalue weighted by Gasteiger charge is -2.30. The van der Waals surface area contributed by atoms with Crippen LogP contribution in [0.5, 0.6) is 5.75 Å². The first kappa shape index (κ1) is 21.0. The van der Waals surface area contributed by atoms with E-state index >= 15 is 0 Å². The van der Waals surface area contributed by atoms with Crippen molar-refractivity contribution >= 4 is 0 Å². The van der Waals surface area contributed by atoms with Gasteiger partial charge in [0.05, 0.1) is 5.69 Å². The fourth-order valence-electron chi connectivity index (χ4n) is 5.23. The molecule has 5 rings (SSSR count). The highest BCUT2D eigenvalue weighted by molar-refractivity contribution is 5.32. The molecule has 0 amide bonds. The molecule has 0 bridgehead atoms. The van der Waals surface area contributed by atoms with Gasteiger partial charge < -0.3 is 9.67 Å². The number of hydrogen-bond acceptors (Lipinski definition) is 4. The van der Waals surface area contributed by atoms with Gasteiger partial charge in [0.15, 0.2) is 5.75 Å². The zero-order valence-corrected chi connectivity index (χ0v) is 18.7. The maximum atomic E-state index is 12.6. The number of nitrogens with zero attached hydrogens (tertiary/aromatic N) is 3. The lowest BCUT2D eigenvalue weighted by atomic mass is 9.99. The second kappa shape index (κ2) is 8.93. The van der Waals surface area contributed by atoms with Crippen LogP contribution in [0.2, 0.25) is 0 Å². The van der Waals surface area contributed by atoms with Crippen LogP contribution in [-0.2, 0) is 33.1 Å². The maximum Gasteiger partial charge on any atom is 0.223 e. The van der Waals surface area contributed by atoms with Crippen molar-refractivity contribution < 1.29 is 5.11 Å². The number of likely N-dealkylation sites (tertiary alicyclic amines) is 1. The number of aromatic nitrogens is 1. The molecule has 1 aromatic heterocycles. The van der Waals surface area contributed by atoms with Gasteiger partial charge >= 0.3 is 0 Å². The third kappa shape index (κ3) is 4.23. The van der Waals surface area contributed by atoms with Crippen molar-refractivity contribution in [3.05, 3.63) is 99.0 Å². The Kier molecular flexibility index (Phi) is 5.85. The first-order chi connectivity index (χ1) is 15.6. The van der Waals surface area contributed by atoms with Gasteiger partial charge in [-0.05, 0) is 42.0 Å². The Morgan fingerprint density at radius 1 is 0.938 bits per heavy atom. The third-order valence-electron chi connectivity index (χ3n) is 7.15. The summed E-state index contributed by atoms with van der Waals surface area (Å²) in [5.74, 6) is 0.398. The Balaban J connectivity index is 1.32. The minimum Gasteiger partial charge on any atom is -0.503 e. The first-order valence-electron chi connectivity index (χ1n) is 11.6. The molecule has 3 heterocycles. The van der Waals surface area contributed by atoms with E-state index in [4.69, 9.17) is 0 Å². The monoisotopic (exact) mass is 429 g/mol. The molecular formula is C27H31N3O2. The molecule has 1 fully saturated rings. The Labute approximate surface area is 189 Å². The predicted molar refractivity (Wildman–Crippen MR) is 127 cm³/mol. The van der Waals surface area contributed by atoms with E-state index in [-0.39, 0.29) is 11.2 Å². The molecule has 2 aromatic carbocycles. The van der Waals surface area contributed by atoms with Crippen LogP contribution in [0.1, 0.15) is 40.4 Å². The van der Waals surface area contributed by atoms with Crippen LogP contribution in [0.25, 0.3) is 0 Å². The molecule has 32 heavy (non-hydrogen) atoms. The molecule has 0 unspecified atom stereocenters. The Morgan fingerprint density at radius 2 is 1.69 bits per heavy atom. The highest BCUT2D eigenvalue weighted by Crippen LogP contribution is 2.29. The Morgan fingerprint density at radius 3 is 2.50 bits per heavy atom. The zero-order chi connectivity index (χ0) is 22.1. The van der Waals surface area contributed by atoms with Gasteiger partial charge in [-0.1, -0.05) is 54.6 Å². The molecule has 5 nitrogen and oxygen atoms in total. The summed E-state index contributed by atoms with van der Waals surface area (Å²) in [5, 5.41) is 10.6. The largest absolute Gasteiger partial charge is 0.503 e. The molecular weight excluding hydrogens is 398 g/mol. The summed E-state index contributed by atoms with van der Waals surface area (Å²) in [6.07, 6.45) is 2.13. The fourth-order valence-corrected chi connectivity index (χ4v) is 5.23. The van der Waals surface area contributed by atoms with Gasteiger partial charge in [0, 0.05) is 51.5 Å². The van der Waals surface area contributed by atoms with Crippen LogP contribution < -0.4 is 5.43 Å². The first-order valence-corrected chi connectivity index (χ1v) is 11.6. The molecule has 5 heteroatoms. The SMILES string of the molecule is Cn1c(CN2CCc3ccccc3C2)cc(=O)c(O)c1CN1CC[C@@H](c2ccccc2)C1. The Hall–Kier alpha value is -2.89. The number of pyridine rings is 1. The van der Waals surface area contributed by atoms with E-state index in [2.05, 4.69) is 64.4 Å². The van der Waals surface area contributed by atoms with Crippen molar-refractivity contribution in [2.45, 2.75) is 38.4 Å². The van der Waals surface area contributed by atoms with Gasteiger partial charge in [-0.25, -0.2) is 0 Å². The van der Waals surface area contributed by atoms with Gasteiger partial charge in [0.1, 0.15) is 0 Å². The van der Waals surface area contributed by atoms with E-state index in [0.717, 1.165) is 50.4 Å². The number of fused-ring (bicyclic) bond motifs is 1. The number of rotatable bonds is 5. The van der Waals surface area contributed by atoms with E-state index in [1.165, 1.54) is 16.7 Å². The second-order valence-corrected chi connectivity index (χ2v) is 9.22. The van der Waals surface area contributed by atoms with Crippen LogP contribution in [-0.4, -0.2) is 39.1 Å². The molecule has 3 aromatic rings. The van der Waals surface area contributed by atoms with Crippen molar-refractivity contribution in [2.24, 2.45) is 7.05 Å². The average molecular weight is 430 g/mol. The molecule has 0 spiro atoms. The molecule has 0 saturated carbocycles. The van der Waals surface area contributed by atoms with Crippen LogP contribution in [0.15, 0.2) is 65.5 Å².